The highest BCUT2D eigenvalue weighted by Crippen LogP contribution is 2.33. The SMILES string of the molecule is Cc1cccc(C(C)C)c1N1CCC(N)(C#N)CC1. The Balaban J connectivity index is 2.27. The number of nitriles is 1. The van der Waals surface area contributed by atoms with Gasteiger partial charge in [-0.05, 0) is 36.8 Å². The van der Waals surface area contributed by atoms with Gasteiger partial charge in [-0.2, -0.15) is 5.26 Å². The van der Waals surface area contributed by atoms with Crippen molar-refractivity contribution in [2.24, 2.45) is 5.73 Å². The van der Waals surface area contributed by atoms with Gasteiger partial charge in [0.05, 0.1) is 6.07 Å². The molecule has 0 unspecified atom stereocenters. The van der Waals surface area contributed by atoms with E-state index in [0.29, 0.717) is 5.92 Å². The molecule has 1 saturated heterocycles. The van der Waals surface area contributed by atoms with E-state index in [1.165, 1.54) is 16.8 Å². The van der Waals surface area contributed by atoms with Crippen molar-refractivity contribution in [2.75, 3.05) is 18.0 Å². The van der Waals surface area contributed by atoms with E-state index in [0.717, 1.165) is 25.9 Å². The molecular formula is C16H23N3. The predicted octanol–water partition coefficient (Wildman–Crippen LogP) is 2.94. The van der Waals surface area contributed by atoms with Crippen LogP contribution in [0.4, 0.5) is 5.69 Å². The summed E-state index contributed by atoms with van der Waals surface area (Å²) in [5, 5.41) is 9.11. The Morgan fingerprint density at radius 1 is 1.32 bits per heavy atom. The van der Waals surface area contributed by atoms with Crippen LogP contribution in [0.15, 0.2) is 18.2 Å². The number of benzene rings is 1. The molecule has 19 heavy (non-hydrogen) atoms. The van der Waals surface area contributed by atoms with Crippen molar-refractivity contribution in [1.29, 1.82) is 5.26 Å². The molecule has 3 nitrogen and oxygen atoms in total. The van der Waals surface area contributed by atoms with Gasteiger partial charge in [-0.1, -0.05) is 32.0 Å². The second-order valence-corrected chi connectivity index (χ2v) is 5.92. The Labute approximate surface area is 116 Å². The van der Waals surface area contributed by atoms with Crippen LogP contribution in [-0.4, -0.2) is 18.6 Å². The second kappa shape index (κ2) is 5.22. The normalized spacial score (nSPS) is 18.4. The Bertz CT molecular complexity index is 491. The van der Waals surface area contributed by atoms with E-state index in [1.54, 1.807) is 0 Å². The average molecular weight is 257 g/mol. The third-order valence-corrected chi connectivity index (χ3v) is 4.09. The maximum atomic E-state index is 9.11. The molecule has 1 heterocycles. The monoisotopic (exact) mass is 257 g/mol. The summed E-state index contributed by atoms with van der Waals surface area (Å²) < 4.78 is 0. The van der Waals surface area contributed by atoms with Gasteiger partial charge in [0.15, 0.2) is 0 Å². The molecule has 0 aromatic heterocycles. The number of nitrogens with zero attached hydrogens (tertiary/aromatic N) is 2. The lowest BCUT2D eigenvalue weighted by Crippen LogP contribution is -2.49. The number of hydrogen-bond acceptors (Lipinski definition) is 3. The predicted molar refractivity (Wildman–Crippen MR) is 79.2 cm³/mol. The highest BCUT2D eigenvalue weighted by atomic mass is 15.1. The van der Waals surface area contributed by atoms with Crippen LogP contribution in [0.2, 0.25) is 0 Å². The van der Waals surface area contributed by atoms with Gasteiger partial charge in [-0.15, -0.1) is 0 Å². The van der Waals surface area contributed by atoms with Gasteiger partial charge >= 0.3 is 0 Å². The first-order valence-electron chi connectivity index (χ1n) is 7.01. The molecule has 0 radical (unpaired) electrons. The van der Waals surface area contributed by atoms with Gasteiger partial charge in [0.1, 0.15) is 5.54 Å². The fourth-order valence-electron chi connectivity index (χ4n) is 2.82. The first-order chi connectivity index (χ1) is 8.97. The number of piperidine rings is 1. The minimum Gasteiger partial charge on any atom is -0.371 e. The first-order valence-corrected chi connectivity index (χ1v) is 7.01. The number of hydrogen-bond donors (Lipinski definition) is 1. The van der Waals surface area contributed by atoms with Crippen molar-refractivity contribution in [3.63, 3.8) is 0 Å². The van der Waals surface area contributed by atoms with Crippen LogP contribution in [-0.2, 0) is 0 Å². The summed E-state index contributed by atoms with van der Waals surface area (Å²) in [5.41, 5.74) is 9.47. The lowest BCUT2D eigenvalue weighted by atomic mass is 9.88. The zero-order chi connectivity index (χ0) is 14.0. The summed E-state index contributed by atoms with van der Waals surface area (Å²) >= 11 is 0. The summed E-state index contributed by atoms with van der Waals surface area (Å²) in [6.45, 7) is 8.36. The lowest BCUT2D eigenvalue weighted by Gasteiger charge is -2.38. The van der Waals surface area contributed by atoms with E-state index in [2.05, 4.69) is 49.9 Å². The van der Waals surface area contributed by atoms with E-state index in [4.69, 9.17) is 11.0 Å². The molecule has 0 saturated carbocycles. The van der Waals surface area contributed by atoms with E-state index in [-0.39, 0.29) is 0 Å². The van der Waals surface area contributed by atoms with Crippen LogP contribution in [0.25, 0.3) is 0 Å². The molecule has 0 spiro atoms. The van der Waals surface area contributed by atoms with Crippen molar-refractivity contribution in [3.05, 3.63) is 29.3 Å². The van der Waals surface area contributed by atoms with Crippen LogP contribution in [0.5, 0.6) is 0 Å². The van der Waals surface area contributed by atoms with E-state index < -0.39 is 5.54 Å². The highest BCUT2D eigenvalue weighted by Gasteiger charge is 2.31. The Morgan fingerprint density at radius 2 is 1.95 bits per heavy atom. The Morgan fingerprint density at radius 3 is 2.47 bits per heavy atom. The van der Waals surface area contributed by atoms with Gasteiger partial charge in [0, 0.05) is 18.8 Å². The zero-order valence-electron chi connectivity index (χ0n) is 12.1. The minimum atomic E-state index is -0.628. The molecule has 0 amide bonds. The van der Waals surface area contributed by atoms with Crippen LogP contribution < -0.4 is 10.6 Å². The average Bonchev–Trinajstić information content (AvgIpc) is 2.40. The number of para-hydroxylation sites is 1. The zero-order valence-corrected chi connectivity index (χ0v) is 12.1. The summed E-state index contributed by atoms with van der Waals surface area (Å²) in [6, 6.07) is 8.75. The molecule has 1 aliphatic rings. The van der Waals surface area contributed by atoms with E-state index >= 15 is 0 Å². The molecule has 1 aromatic carbocycles. The molecule has 3 heteroatoms. The van der Waals surface area contributed by atoms with Gasteiger partial charge in [-0.3, -0.25) is 0 Å². The number of rotatable bonds is 2. The molecule has 2 N–H and O–H groups in total. The molecule has 0 aliphatic carbocycles. The number of aryl methyl sites for hydroxylation is 1. The molecule has 1 aromatic rings. The topological polar surface area (TPSA) is 53.0 Å². The third kappa shape index (κ3) is 2.74. The maximum Gasteiger partial charge on any atom is 0.107 e. The second-order valence-electron chi connectivity index (χ2n) is 5.92. The van der Waals surface area contributed by atoms with Crippen molar-refractivity contribution >= 4 is 5.69 Å². The molecule has 2 rings (SSSR count). The smallest absolute Gasteiger partial charge is 0.107 e. The van der Waals surface area contributed by atoms with Crippen molar-refractivity contribution in [1.82, 2.24) is 0 Å². The van der Waals surface area contributed by atoms with Gasteiger partial charge in [0.25, 0.3) is 0 Å². The standard InChI is InChI=1S/C16H23N3/c1-12(2)14-6-4-5-13(3)15(14)19-9-7-16(18,11-17)8-10-19/h4-6,12H,7-10,18H2,1-3H3. The van der Waals surface area contributed by atoms with Crippen molar-refractivity contribution in [3.8, 4) is 6.07 Å². The summed E-state index contributed by atoms with van der Waals surface area (Å²) in [5.74, 6) is 0.510. The highest BCUT2D eigenvalue weighted by molar-refractivity contribution is 5.61. The van der Waals surface area contributed by atoms with Crippen LogP contribution in [0.3, 0.4) is 0 Å². The maximum absolute atomic E-state index is 9.11. The largest absolute Gasteiger partial charge is 0.371 e. The molecule has 0 atom stereocenters. The van der Waals surface area contributed by atoms with Gasteiger partial charge < -0.3 is 10.6 Å². The molecule has 0 bridgehead atoms. The third-order valence-electron chi connectivity index (χ3n) is 4.09. The molecule has 102 valence electrons. The Kier molecular flexibility index (Phi) is 3.82. The number of anilines is 1. The first kappa shape index (κ1) is 13.9. The van der Waals surface area contributed by atoms with Crippen LogP contribution >= 0.6 is 0 Å². The quantitative estimate of drug-likeness (QED) is 0.886. The molecular weight excluding hydrogens is 234 g/mol. The minimum absolute atomic E-state index is 0.510. The van der Waals surface area contributed by atoms with Crippen molar-refractivity contribution < 1.29 is 0 Å². The molecule has 1 fully saturated rings. The summed E-state index contributed by atoms with van der Waals surface area (Å²) in [7, 11) is 0. The molecule has 1 aliphatic heterocycles. The number of nitrogens with two attached hydrogens (primary N) is 1. The fourth-order valence-corrected chi connectivity index (χ4v) is 2.82. The summed E-state index contributed by atoms with van der Waals surface area (Å²) in [6.07, 6.45) is 1.49. The van der Waals surface area contributed by atoms with Gasteiger partial charge in [-0.25, -0.2) is 0 Å². The summed E-state index contributed by atoms with van der Waals surface area (Å²) in [4.78, 5) is 2.40. The van der Waals surface area contributed by atoms with Gasteiger partial charge in [0.2, 0.25) is 0 Å². The van der Waals surface area contributed by atoms with Crippen molar-refractivity contribution in [2.45, 2.75) is 45.1 Å². The van der Waals surface area contributed by atoms with Crippen LogP contribution in [0, 0.1) is 18.3 Å². The Hall–Kier alpha value is -1.53. The van der Waals surface area contributed by atoms with Crippen LogP contribution in [0.1, 0.15) is 43.7 Å². The lowest BCUT2D eigenvalue weighted by molar-refractivity contribution is 0.414. The fraction of sp³-hybridized carbons (Fsp3) is 0.562. The van der Waals surface area contributed by atoms with E-state index in [9.17, 15) is 0 Å². The van der Waals surface area contributed by atoms with E-state index in [1.807, 2.05) is 0 Å².